The molecule has 0 aromatic heterocycles. The smallest absolute Gasteiger partial charge is 0.289 e. The Kier molecular flexibility index (Phi) is 6.75. The Morgan fingerprint density at radius 1 is 1.07 bits per heavy atom. The molecule has 146 valence electrons. The number of nitro groups is 1. The predicted octanol–water partition coefficient (Wildman–Crippen LogP) is 3.43. The van der Waals surface area contributed by atoms with Gasteiger partial charge in [0.05, 0.1) is 18.1 Å². The quantitative estimate of drug-likeness (QED) is 0.516. The maximum Gasteiger partial charge on any atom is 0.289 e. The zero-order valence-corrected chi connectivity index (χ0v) is 16.2. The highest BCUT2D eigenvalue weighted by Crippen LogP contribution is 2.32. The Hall–Kier alpha value is -2.65. The lowest BCUT2D eigenvalue weighted by molar-refractivity contribution is -0.387. The van der Waals surface area contributed by atoms with Gasteiger partial charge in [-0.3, -0.25) is 10.1 Å². The lowest BCUT2D eigenvalue weighted by atomic mass is 10.1. The number of rotatable bonds is 9. The van der Waals surface area contributed by atoms with Gasteiger partial charge in [0.15, 0.2) is 16.4 Å². The number of benzene rings is 2. The van der Waals surface area contributed by atoms with Crippen molar-refractivity contribution in [3.63, 3.8) is 0 Å². The van der Waals surface area contributed by atoms with E-state index >= 15 is 0 Å². The summed E-state index contributed by atoms with van der Waals surface area (Å²) in [4.78, 5) is 10.0. The molecule has 0 aliphatic carbocycles. The first-order valence-corrected chi connectivity index (χ1v) is 9.93. The lowest BCUT2D eigenvalue weighted by Crippen LogP contribution is -2.27. The molecule has 0 amide bonds. The van der Waals surface area contributed by atoms with Crippen LogP contribution in [0.2, 0.25) is 0 Å². The Bertz CT molecular complexity index is 914. The molecule has 27 heavy (non-hydrogen) atoms. The van der Waals surface area contributed by atoms with E-state index in [0.717, 1.165) is 6.07 Å². The van der Waals surface area contributed by atoms with Crippen LogP contribution in [0.25, 0.3) is 0 Å². The summed E-state index contributed by atoms with van der Waals surface area (Å²) >= 11 is 0. The second-order valence-electron chi connectivity index (χ2n) is 5.64. The minimum atomic E-state index is -4.09. The molecule has 0 saturated heterocycles. The molecule has 0 fully saturated rings. The number of hydrogen-bond donors (Lipinski definition) is 1. The number of ether oxygens (including phenoxy) is 2. The van der Waals surface area contributed by atoms with Crippen molar-refractivity contribution in [1.29, 1.82) is 0 Å². The average molecular weight is 394 g/mol. The van der Waals surface area contributed by atoms with Gasteiger partial charge >= 0.3 is 0 Å². The van der Waals surface area contributed by atoms with Crippen LogP contribution in [0, 0.1) is 10.1 Å². The van der Waals surface area contributed by atoms with Crippen molar-refractivity contribution in [2.24, 2.45) is 0 Å². The third-order valence-electron chi connectivity index (χ3n) is 3.75. The van der Waals surface area contributed by atoms with Gasteiger partial charge in [0.25, 0.3) is 5.69 Å². The maximum atomic E-state index is 12.6. The molecule has 0 radical (unpaired) electrons. The van der Waals surface area contributed by atoms with E-state index in [-0.39, 0.29) is 4.90 Å². The normalized spacial score (nSPS) is 12.4. The van der Waals surface area contributed by atoms with E-state index < -0.39 is 26.7 Å². The molecule has 1 unspecified atom stereocenters. The Morgan fingerprint density at radius 2 is 1.70 bits per heavy atom. The van der Waals surface area contributed by atoms with Gasteiger partial charge in [0.2, 0.25) is 10.0 Å². The van der Waals surface area contributed by atoms with Crippen LogP contribution in [0.1, 0.15) is 32.4 Å². The van der Waals surface area contributed by atoms with E-state index in [9.17, 15) is 18.5 Å². The monoisotopic (exact) mass is 394 g/mol. The standard InChI is InChI=1S/C18H22N2O6S/c1-4-25-16-11-10-14(12-17(16)26-5-2)13(3)19-27(23,24)18-9-7-6-8-15(18)20(21)22/h6-13,19H,4-5H2,1-3H3. The first-order valence-electron chi connectivity index (χ1n) is 8.45. The molecule has 0 aliphatic heterocycles. The summed E-state index contributed by atoms with van der Waals surface area (Å²) < 4.78 is 38.8. The van der Waals surface area contributed by atoms with Crippen molar-refractivity contribution in [1.82, 2.24) is 4.72 Å². The molecule has 0 heterocycles. The minimum Gasteiger partial charge on any atom is -0.490 e. The summed E-state index contributed by atoms with van der Waals surface area (Å²) in [6.45, 7) is 6.24. The highest BCUT2D eigenvalue weighted by atomic mass is 32.2. The number of nitro benzene ring substituents is 1. The van der Waals surface area contributed by atoms with E-state index in [0.29, 0.717) is 30.3 Å². The van der Waals surface area contributed by atoms with Crippen LogP contribution in [-0.4, -0.2) is 26.6 Å². The molecular weight excluding hydrogens is 372 g/mol. The van der Waals surface area contributed by atoms with Gasteiger partial charge in [0.1, 0.15) is 0 Å². The molecule has 1 N–H and O–H groups in total. The van der Waals surface area contributed by atoms with E-state index in [1.54, 1.807) is 25.1 Å². The number of nitrogens with zero attached hydrogens (tertiary/aromatic N) is 1. The average Bonchev–Trinajstić information content (AvgIpc) is 2.63. The third-order valence-corrected chi connectivity index (χ3v) is 5.34. The molecule has 1 atom stereocenters. The van der Waals surface area contributed by atoms with Crippen LogP contribution < -0.4 is 14.2 Å². The Labute approximate surface area is 158 Å². The van der Waals surface area contributed by atoms with Gasteiger partial charge in [-0.25, -0.2) is 13.1 Å². The molecule has 8 nitrogen and oxygen atoms in total. The maximum absolute atomic E-state index is 12.6. The molecule has 0 bridgehead atoms. The van der Waals surface area contributed by atoms with Crippen LogP contribution >= 0.6 is 0 Å². The number of para-hydroxylation sites is 1. The Balaban J connectivity index is 2.32. The second-order valence-corrected chi connectivity index (χ2v) is 7.32. The van der Waals surface area contributed by atoms with Crippen LogP contribution in [0.4, 0.5) is 5.69 Å². The van der Waals surface area contributed by atoms with Crippen LogP contribution in [0.3, 0.4) is 0 Å². The van der Waals surface area contributed by atoms with Gasteiger partial charge in [-0.05, 0) is 44.5 Å². The topological polar surface area (TPSA) is 108 Å². The zero-order chi connectivity index (χ0) is 20.0. The molecule has 0 spiro atoms. The van der Waals surface area contributed by atoms with Crippen LogP contribution in [0.15, 0.2) is 47.4 Å². The summed E-state index contributed by atoms with van der Waals surface area (Å²) in [6.07, 6.45) is 0. The first-order chi connectivity index (χ1) is 12.8. The van der Waals surface area contributed by atoms with Gasteiger partial charge in [-0.1, -0.05) is 18.2 Å². The largest absolute Gasteiger partial charge is 0.490 e. The van der Waals surface area contributed by atoms with Crippen molar-refractivity contribution < 1.29 is 22.8 Å². The second kappa shape index (κ2) is 8.83. The van der Waals surface area contributed by atoms with Gasteiger partial charge in [0, 0.05) is 12.1 Å². The number of hydrogen-bond acceptors (Lipinski definition) is 6. The van der Waals surface area contributed by atoms with E-state index in [4.69, 9.17) is 9.47 Å². The third kappa shape index (κ3) is 4.95. The van der Waals surface area contributed by atoms with Gasteiger partial charge in [-0.15, -0.1) is 0 Å². The molecule has 2 rings (SSSR count). The van der Waals surface area contributed by atoms with Crippen molar-refractivity contribution in [2.75, 3.05) is 13.2 Å². The molecule has 9 heteroatoms. The van der Waals surface area contributed by atoms with Crippen molar-refractivity contribution in [3.8, 4) is 11.5 Å². The zero-order valence-electron chi connectivity index (χ0n) is 15.3. The predicted molar refractivity (Wildman–Crippen MR) is 101 cm³/mol. The van der Waals surface area contributed by atoms with E-state index in [1.807, 2.05) is 13.8 Å². The van der Waals surface area contributed by atoms with Crippen molar-refractivity contribution in [3.05, 3.63) is 58.1 Å². The fourth-order valence-corrected chi connectivity index (χ4v) is 3.94. The SMILES string of the molecule is CCOc1ccc(C(C)NS(=O)(=O)c2ccccc2[N+](=O)[O-])cc1OCC. The minimum absolute atomic E-state index is 0.377. The van der Waals surface area contributed by atoms with Crippen molar-refractivity contribution >= 4 is 15.7 Å². The Morgan fingerprint density at radius 3 is 2.33 bits per heavy atom. The highest BCUT2D eigenvalue weighted by Gasteiger charge is 2.27. The summed E-state index contributed by atoms with van der Waals surface area (Å²) in [6, 6.07) is 9.71. The lowest BCUT2D eigenvalue weighted by Gasteiger charge is -2.17. The van der Waals surface area contributed by atoms with Crippen LogP contribution in [0.5, 0.6) is 11.5 Å². The fraction of sp³-hybridized carbons (Fsp3) is 0.333. The summed E-state index contributed by atoms with van der Waals surface area (Å²) in [7, 11) is -4.09. The summed E-state index contributed by atoms with van der Waals surface area (Å²) in [5.41, 5.74) is 0.169. The summed E-state index contributed by atoms with van der Waals surface area (Å²) in [5, 5.41) is 11.1. The molecular formula is C18H22N2O6S. The molecule has 2 aromatic rings. The molecule has 0 saturated carbocycles. The first kappa shape index (κ1) is 20.7. The van der Waals surface area contributed by atoms with E-state index in [1.165, 1.54) is 18.2 Å². The highest BCUT2D eigenvalue weighted by molar-refractivity contribution is 7.89. The molecule has 0 aliphatic rings. The van der Waals surface area contributed by atoms with E-state index in [2.05, 4.69) is 4.72 Å². The molecule has 2 aromatic carbocycles. The number of nitrogens with one attached hydrogen (secondary N) is 1. The fourth-order valence-electron chi connectivity index (χ4n) is 2.54. The summed E-state index contributed by atoms with van der Waals surface area (Å²) in [5.74, 6) is 1.07. The number of sulfonamides is 1. The van der Waals surface area contributed by atoms with Crippen molar-refractivity contribution in [2.45, 2.75) is 31.7 Å². The van der Waals surface area contributed by atoms with Gasteiger partial charge in [-0.2, -0.15) is 0 Å². The van der Waals surface area contributed by atoms with Crippen LogP contribution in [-0.2, 0) is 10.0 Å². The van der Waals surface area contributed by atoms with Gasteiger partial charge < -0.3 is 9.47 Å².